The normalized spacial score (nSPS) is 13.0. The van der Waals surface area contributed by atoms with Crippen LogP contribution in [0.25, 0.3) is 0 Å². The van der Waals surface area contributed by atoms with Crippen molar-refractivity contribution >= 4 is 5.71 Å². The molecule has 2 nitrogen and oxygen atoms in total. The Morgan fingerprint density at radius 3 is 1.96 bits per heavy atom. The van der Waals surface area contributed by atoms with Crippen LogP contribution in [-0.4, -0.2) is 17.7 Å². The number of nitrogens with zero attached hydrogens (tertiary/aromatic N) is 2. The summed E-state index contributed by atoms with van der Waals surface area (Å²) >= 11 is 0. The van der Waals surface area contributed by atoms with Crippen LogP contribution in [0.4, 0.5) is 0 Å². The summed E-state index contributed by atoms with van der Waals surface area (Å²) in [5.74, 6) is 0.849. The summed E-state index contributed by atoms with van der Waals surface area (Å²) in [5.41, 5.74) is 5.50. The minimum Gasteiger partial charge on any atom is -0.334 e. The first-order valence-electron chi connectivity index (χ1n) is 7.95. The summed E-state index contributed by atoms with van der Waals surface area (Å²) in [7, 11) is 1.97. The van der Waals surface area contributed by atoms with E-state index in [1.807, 2.05) is 38.8 Å². The van der Waals surface area contributed by atoms with Crippen molar-refractivity contribution in [1.82, 2.24) is 4.90 Å². The maximum absolute atomic E-state index is 4.78. The largest absolute Gasteiger partial charge is 0.334 e. The third-order valence-corrected chi connectivity index (χ3v) is 3.74. The van der Waals surface area contributed by atoms with Crippen LogP contribution >= 0.6 is 0 Å². The fourth-order valence-electron chi connectivity index (χ4n) is 2.07. The number of hydrogen-bond acceptors (Lipinski definition) is 2. The molecule has 0 aromatic heterocycles. The van der Waals surface area contributed by atoms with Crippen LogP contribution in [0, 0.1) is 0 Å². The van der Waals surface area contributed by atoms with E-state index in [0.717, 1.165) is 28.4 Å². The van der Waals surface area contributed by atoms with Crippen LogP contribution in [0.15, 0.2) is 65.6 Å². The fraction of sp³-hybridized carbons (Fsp3) is 0.381. The second kappa shape index (κ2) is 7.45. The van der Waals surface area contributed by atoms with Crippen LogP contribution in [-0.2, 0) is 5.41 Å². The minimum absolute atomic E-state index is 0.161. The van der Waals surface area contributed by atoms with Gasteiger partial charge in [0.1, 0.15) is 5.82 Å². The molecule has 0 fully saturated rings. The molecule has 0 atom stereocenters. The van der Waals surface area contributed by atoms with Gasteiger partial charge in [0, 0.05) is 18.5 Å². The Balaban J connectivity index is 3.18. The molecular formula is C21H30N2. The van der Waals surface area contributed by atoms with Crippen LogP contribution in [0.3, 0.4) is 0 Å². The molecule has 0 spiro atoms. The van der Waals surface area contributed by atoms with Gasteiger partial charge >= 0.3 is 0 Å². The molecule has 0 saturated heterocycles. The highest BCUT2D eigenvalue weighted by atomic mass is 15.2. The molecule has 0 bridgehead atoms. The summed E-state index contributed by atoms with van der Waals surface area (Å²) in [6.07, 6.45) is 1.97. The number of allylic oxidation sites excluding steroid dienone is 3. The van der Waals surface area contributed by atoms with Gasteiger partial charge in [0.05, 0.1) is 0 Å². The lowest BCUT2D eigenvalue weighted by molar-refractivity contribution is 0.517. The fourth-order valence-corrected chi connectivity index (χ4v) is 2.07. The Labute approximate surface area is 141 Å². The molecular weight excluding hydrogens is 280 g/mol. The van der Waals surface area contributed by atoms with Gasteiger partial charge in [-0.15, -0.1) is 0 Å². The zero-order chi connectivity index (χ0) is 17.8. The van der Waals surface area contributed by atoms with Crippen LogP contribution in [0.5, 0.6) is 0 Å². The third-order valence-electron chi connectivity index (χ3n) is 3.74. The van der Waals surface area contributed by atoms with Gasteiger partial charge in [-0.25, -0.2) is 4.99 Å². The van der Waals surface area contributed by atoms with E-state index in [2.05, 4.69) is 58.2 Å². The van der Waals surface area contributed by atoms with Crippen molar-refractivity contribution in [2.45, 2.75) is 47.0 Å². The Morgan fingerprint density at radius 1 is 1.04 bits per heavy atom. The quantitative estimate of drug-likeness (QED) is 0.505. The standard InChI is InChI=1S/C21H30N2/c1-15(2)14-20(23(9)16(3)4)22-17(5)18-10-12-19(13-11-18)21(6,7)8/h10-14H,1,3H2,2,4-9H3/b20-14-,22-17+. The van der Waals surface area contributed by atoms with Crippen LogP contribution in [0.1, 0.15) is 52.7 Å². The number of hydrogen-bond donors (Lipinski definition) is 0. The topological polar surface area (TPSA) is 15.6 Å². The molecule has 0 aliphatic carbocycles. The number of aliphatic imine (C=N–C) groups is 1. The maximum atomic E-state index is 4.78. The Hall–Kier alpha value is -2.09. The van der Waals surface area contributed by atoms with Crippen molar-refractivity contribution in [2.75, 3.05) is 7.05 Å². The van der Waals surface area contributed by atoms with E-state index in [1.54, 1.807) is 0 Å². The summed E-state index contributed by atoms with van der Waals surface area (Å²) in [6, 6.07) is 8.63. The molecule has 0 radical (unpaired) electrons. The van der Waals surface area contributed by atoms with Crippen molar-refractivity contribution in [3.8, 4) is 0 Å². The summed E-state index contributed by atoms with van der Waals surface area (Å²) < 4.78 is 0. The maximum Gasteiger partial charge on any atom is 0.132 e. The molecule has 23 heavy (non-hydrogen) atoms. The number of rotatable bonds is 5. The molecule has 0 aliphatic heterocycles. The van der Waals surface area contributed by atoms with Gasteiger partial charge in [-0.3, -0.25) is 0 Å². The van der Waals surface area contributed by atoms with Gasteiger partial charge in [-0.1, -0.05) is 63.8 Å². The number of benzene rings is 1. The van der Waals surface area contributed by atoms with E-state index in [0.29, 0.717) is 0 Å². The van der Waals surface area contributed by atoms with Gasteiger partial charge in [0.15, 0.2) is 0 Å². The average Bonchev–Trinajstić information content (AvgIpc) is 2.44. The third kappa shape index (κ3) is 5.55. The zero-order valence-corrected chi connectivity index (χ0v) is 15.7. The van der Waals surface area contributed by atoms with E-state index in [1.165, 1.54) is 5.56 Å². The predicted molar refractivity (Wildman–Crippen MR) is 103 cm³/mol. The highest BCUT2D eigenvalue weighted by Crippen LogP contribution is 2.22. The van der Waals surface area contributed by atoms with E-state index < -0.39 is 0 Å². The molecule has 0 amide bonds. The van der Waals surface area contributed by atoms with Crippen molar-refractivity contribution in [3.63, 3.8) is 0 Å². The van der Waals surface area contributed by atoms with Crippen LogP contribution < -0.4 is 0 Å². The molecule has 1 rings (SSSR count). The first kappa shape index (κ1) is 19.0. The van der Waals surface area contributed by atoms with Gasteiger partial charge < -0.3 is 4.90 Å². The van der Waals surface area contributed by atoms with Gasteiger partial charge in [-0.2, -0.15) is 0 Å². The Bertz CT molecular complexity index is 637. The van der Waals surface area contributed by atoms with E-state index >= 15 is 0 Å². The molecule has 124 valence electrons. The molecule has 1 aromatic rings. The van der Waals surface area contributed by atoms with Crippen LogP contribution in [0.2, 0.25) is 0 Å². The Morgan fingerprint density at radius 2 is 1.57 bits per heavy atom. The lowest BCUT2D eigenvalue weighted by Gasteiger charge is -2.21. The monoisotopic (exact) mass is 310 g/mol. The summed E-state index contributed by atoms with van der Waals surface area (Å²) in [6.45, 7) is 20.6. The lowest BCUT2D eigenvalue weighted by Crippen LogP contribution is -2.15. The van der Waals surface area contributed by atoms with E-state index in [-0.39, 0.29) is 5.41 Å². The first-order valence-corrected chi connectivity index (χ1v) is 7.95. The van der Waals surface area contributed by atoms with Gasteiger partial charge in [-0.05, 0) is 43.4 Å². The molecule has 0 aliphatic rings. The van der Waals surface area contributed by atoms with E-state index in [9.17, 15) is 0 Å². The van der Waals surface area contributed by atoms with Gasteiger partial charge in [0.25, 0.3) is 0 Å². The summed E-state index contributed by atoms with van der Waals surface area (Å²) in [5, 5.41) is 0. The Kier molecular flexibility index (Phi) is 6.14. The van der Waals surface area contributed by atoms with Crippen molar-refractivity contribution in [1.29, 1.82) is 0 Å². The second-order valence-electron chi connectivity index (χ2n) is 7.17. The molecule has 2 heteroatoms. The highest BCUT2D eigenvalue weighted by Gasteiger charge is 2.13. The molecule has 0 heterocycles. The zero-order valence-electron chi connectivity index (χ0n) is 15.7. The van der Waals surface area contributed by atoms with Gasteiger partial charge in [0.2, 0.25) is 0 Å². The van der Waals surface area contributed by atoms with Crippen molar-refractivity contribution in [2.24, 2.45) is 4.99 Å². The first-order chi connectivity index (χ1) is 10.5. The molecule has 0 unspecified atom stereocenters. The minimum atomic E-state index is 0.161. The summed E-state index contributed by atoms with van der Waals surface area (Å²) in [4.78, 5) is 6.76. The molecule has 0 saturated carbocycles. The van der Waals surface area contributed by atoms with Crippen molar-refractivity contribution in [3.05, 3.63) is 71.7 Å². The molecule has 0 N–H and O–H groups in total. The predicted octanol–water partition coefficient (Wildman–Crippen LogP) is 5.68. The molecule has 1 aromatic carbocycles. The smallest absolute Gasteiger partial charge is 0.132 e. The lowest BCUT2D eigenvalue weighted by atomic mass is 9.86. The second-order valence-corrected chi connectivity index (χ2v) is 7.17. The SMILES string of the molecule is C=C(C)/C=C(/N=C(\C)c1ccc(C(C)(C)C)cc1)N(C)C(=C)C. The highest BCUT2D eigenvalue weighted by molar-refractivity contribution is 5.99. The van der Waals surface area contributed by atoms with E-state index in [4.69, 9.17) is 4.99 Å². The average molecular weight is 310 g/mol. The van der Waals surface area contributed by atoms with Crippen molar-refractivity contribution < 1.29 is 0 Å².